The molecule has 0 fully saturated rings. The van der Waals surface area contributed by atoms with Crippen LogP contribution < -0.4 is 16.2 Å². The van der Waals surface area contributed by atoms with E-state index in [9.17, 15) is 0 Å². The molecular formula is C10H9N. The van der Waals surface area contributed by atoms with Gasteiger partial charge in [-0.1, -0.05) is 30.0 Å². The largest absolute Gasteiger partial charge is 0.395 e. The van der Waals surface area contributed by atoms with Crippen molar-refractivity contribution in [2.75, 3.05) is 0 Å². The van der Waals surface area contributed by atoms with Gasteiger partial charge in [0, 0.05) is 11.6 Å². The van der Waals surface area contributed by atoms with Gasteiger partial charge < -0.3 is 5.73 Å². The van der Waals surface area contributed by atoms with Crippen LogP contribution in [-0.4, -0.2) is 0 Å². The maximum Gasteiger partial charge on any atom is 0.0557 e. The molecule has 0 bridgehead atoms. The van der Waals surface area contributed by atoms with Crippen LogP contribution in [-0.2, 0) is 0 Å². The van der Waals surface area contributed by atoms with Crippen molar-refractivity contribution in [2.45, 2.75) is 6.42 Å². The maximum atomic E-state index is 5.62. The smallest absolute Gasteiger partial charge is 0.0557 e. The van der Waals surface area contributed by atoms with Gasteiger partial charge in [-0.05, 0) is 11.3 Å². The molecule has 0 saturated heterocycles. The Morgan fingerprint density at radius 2 is 2.09 bits per heavy atom. The second-order valence-corrected chi connectivity index (χ2v) is 2.65. The predicted molar refractivity (Wildman–Crippen MR) is 45.9 cm³/mol. The SMILES string of the molecule is NC1=C=c2ccccc2=CC1. The summed E-state index contributed by atoms with van der Waals surface area (Å²) in [6, 6.07) is 8.13. The van der Waals surface area contributed by atoms with E-state index in [0.29, 0.717) is 0 Å². The number of fused-ring (bicyclic) bond motifs is 1. The molecule has 1 nitrogen and oxygen atoms in total. The van der Waals surface area contributed by atoms with Gasteiger partial charge in [-0.15, -0.1) is 0 Å². The first kappa shape index (κ1) is 6.26. The predicted octanol–water partition coefficient (Wildman–Crippen LogP) is 0.0928. The zero-order chi connectivity index (χ0) is 7.68. The van der Waals surface area contributed by atoms with E-state index in [-0.39, 0.29) is 0 Å². The third kappa shape index (κ3) is 1.06. The average Bonchev–Trinajstić information content (AvgIpc) is 2.04. The van der Waals surface area contributed by atoms with Gasteiger partial charge in [0.2, 0.25) is 0 Å². The number of benzene rings is 1. The molecule has 2 rings (SSSR count). The minimum absolute atomic E-state index is 0.823. The summed E-state index contributed by atoms with van der Waals surface area (Å²) < 4.78 is 0. The number of rotatable bonds is 0. The molecule has 1 aromatic rings. The van der Waals surface area contributed by atoms with Crippen LogP contribution in [0, 0.1) is 0 Å². The van der Waals surface area contributed by atoms with E-state index in [1.54, 1.807) is 0 Å². The Kier molecular flexibility index (Phi) is 1.31. The molecule has 1 heteroatoms. The van der Waals surface area contributed by atoms with E-state index >= 15 is 0 Å². The van der Waals surface area contributed by atoms with Gasteiger partial charge in [-0.2, -0.15) is 0 Å². The Morgan fingerprint density at radius 3 is 3.00 bits per heavy atom. The standard InChI is InChI=1S/C10H9N/c11-10-6-5-8-3-1-2-4-9(8)7-10/h1-5H,6,11H2. The molecule has 0 amide bonds. The van der Waals surface area contributed by atoms with Crippen molar-refractivity contribution < 1.29 is 0 Å². The molecule has 11 heavy (non-hydrogen) atoms. The Labute approximate surface area is 65.2 Å². The Bertz CT molecular complexity index is 422. The van der Waals surface area contributed by atoms with Crippen LogP contribution in [0.5, 0.6) is 0 Å². The zero-order valence-electron chi connectivity index (χ0n) is 6.17. The highest BCUT2D eigenvalue weighted by atomic mass is 14.6. The number of allylic oxidation sites excluding steroid dienone is 1. The van der Waals surface area contributed by atoms with Crippen LogP contribution >= 0.6 is 0 Å². The number of nitrogens with two attached hydrogens (primary N) is 1. The Morgan fingerprint density at radius 1 is 1.27 bits per heavy atom. The fourth-order valence-corrected chi connectivity index (χ4v) is 1.23. The van der Waals surface area contributed by atoms with Gasteiger partial charge in [0.05, 0.1) is 5.70 Å². The van der Waals surface area contributed by atoms with Crippen molar-refractivity contribution >= 4 is 11.8 Å². The van der Waals surface area contributed by atoms with Gasteiger partial charge in [0.25, 0.3) is 0 Å². The molecule has 1 aliphatic carbocycles. The third-order valence-corrected chi connectivity index (χ3v) is 1.80. The Balaban J connectivity index is 2.96. The van der Waals surface area contributed by atoms with Crippen LogP contribution in [0.3, 0.4) is 0 Å². The highest BCUT2D eigenvalue weighted by Crippen LogP contribution is 1.92. The van der Waals surface area contributed by atoms with Crippen molar-refractivity contribution in [3.63, 3.8) is 0 Å². The molecule has 1 aromatic carbocycles. The second kappa shape index (κ2) is 2.30. The summed E-state index contributed by atoms with van der Waals surface area (Å²) in [4.78, 5) is 0. The molecule has 0 aliphatic heterocycles. The van der Waals surface area contributed by atoms with E-state index in [4.69, 9.17) is 5.73 Å². The first-order valence-corrected chi connectivity index (χ1v) is 3.67. The highest BCUT2D eigenvalue weighted by Gasteiger charge is 1.91. The van der Waals surface area contributed by atoms with Gasteiger partial charge >= 0.3 is 0 Å². The molecule has 0 unspecified atom stereocenters. The maximum absolute atomic E-state index is 5.62. The summed E-state index contributed by atoms with van der Waals surface area (Å²) in [6.45, 7) is 0. The van der Waals surface area contributed by atoms with Crippen LogP contribution in [0.1, 0.15) is 6.42 Å². The van der Waals surface area contributed by atoms with Gasteiger partial charge in [-0.3, -0.25) is 0 Å². The minimum atomic E-state index is 0.823. The van der Waals surface area contributed by atoms with E-state index < -0.39 is 0 Å². The van der Waals surface area contributed by atoms with Gasteiger partial charge in [0.15, 0.2) is 0 Å². The quantitative estimate of drug-likeness (QED) is 0.547. The van der Waals surface area contributed by atoms with E-state index in [1.807, 2.05) is 18.2 Å². The highest BCUT2D eigenvalue weighted by molar-refractivity contribution is 5.42. The lowest BCUT2D eigenvalue weighted by molar-refractivity contribution is 1.21. The fraction of sp³-hybridized carbons (Fsp3) is 0.100. The van der Waals surface area contributed by atoms with E-state index in [0.717, 1.165) is 17.3 Å². The number of hydrogen-bond acceptors (Lipinski definition) is 1. The molecular weight excluding hydrogens is 134 g/mol. The molecule has 2 N–H and O–H groups in total. The summed E-state index contributed by atoms with van der Waals surface area (Å²) in [5.41, 5.74) is 9.57. The van der Waals surface area contributed by atoms with E-state index in [1.165, 1.54) is 5.22 Å². The monoisotopic (exact) mass is 143 g/mol. The van der Waals surface area contributed by atoms with Crippen molar-refractivity contribution in [3.8, 4) is 0 Å². The molecule has 0 saturated carbocycles. The summed E-state index contributed by atoms with van der Waals surface area (Å²) in [5.74, 6) is 0. The molecule has 0 heterocycles. The fourth-order valence-electron chi connectivity index (χ4n) is 1.23. The van der Waals surface area contributed by atoms with Crippen LogP contribution in [0.2, 0.25) is 0 Å². The summed E-state index contributed by atoms with van der Waals surface area (Å²) in [7, 11) is 0. The second-order valence-electron chi connectivity index (χ2n) is 2.65. The van der Waals surface area contributed by atoms with E-state index in [2.05, 4.69) is 17.9 Å². The molecule has 0 aromatic heterocycles. The molecule has 1 aliphatic rings. The summed E-state index contributed by atoms with van der Waals surface area (Å²) >= 11 is 0. The normalized spacial score (nSPS) is 14.0. The zero-order valence-corrected chi connectivity index (χ0v) is 6.17. The first-order valence-electron chi connectivity index (χ1n) is 3.67. The lowest BCUT2D eigenvalue weighted by atomic mass is 10.1. The Hall–Kier alpha value is -1.46. The average molecular weight is 143 g/mol. The minimum Gasteiger partial charge on any atom is -0.395 e. The van der Waals surface area contributed by atoms with Crippen LogP contribution in [0.15, 0.2) is 30.0 Å². The molecule has 0 spiro atoms. The van der Waals surface area contributed by atoms with Crippen molar-refractivity contribution in [1.29, 1.82) is 0 Å². The first-order chi connectivity index (χ1) is 5.36. The number of hydrogen-bond donors (Lipinski definition) is 1. The summed E-state index contributed by atoms with van der Waals surface area (Å²) in [6.07, 6.45) is 2.96. The van der Waals surface area contributed by atoms with Crippen molar-refractivity contribution in [2.24, 2.45) is 5.73 Å². The molecule has 0 radical (unpaired) electrons. The lowest BCUT2D eigenvalue weighted by Crippen LogP contribution is -2.25. The summed E-state index contributed by atoms with van der Waals surface area (Å²) in [5, 5.41) is 2.35. The molecule has 54 valence electrons. The topological polar surface area (TPSA) is 26.0 Å². The third-order valence-electron chi connectivity index (χ3n) is 1.80. The van der Waals surface area contributed by atoms with Gasteiger partial charge in [-0.25, -0.2) is 0 Å². The van der Waals surface area contributed by atoms with Gasteiger partial charge in [0.1, 0.15) is 0 Å². The van der Waals surface area contributed by atoms with Crippen molar-refractivity contribution in [3.05, 3.63) is 40.4 Å². The van der Waals surface area contributed by atoms with Crippen LogP contribution in [0.25, 0.3) is 11.8 Å². The molecule has 0 atom stereocenters. The van der Waals surface area contributed by atoms with Crippen LogP contribution in [0.4, 0.5) is 0 Å². The lowest BCUT2D eigenvalue weighted by Gasteiger charge is -1.96. The van der Waals surface area contributed by atoms with Crippen molar-refractivity contribution in [1.82, 2.24) is 0 Å².